The summed E-state index contributed by atoms with van der Waals surface area (Å²) in [6, 6.07) is 0. The molecular weight excluding hydrogens is 334 g/mol. The Morgan fingerprint density at radius 1 is 1.30 bits per heavy atom. The van der Waals surface area contributed by atoms with Crippen LogP contribution < -0.4 is 5.73 Å². The number of nitrogens with two attached hydrogens (primary N) is 1. The molecule has 0 spiro atoms. The van der Waals surface area contributed by atoms with E-state index < -0.39 is 24.5 Å². The number of ether oxygens (including phenoxy) is 1. The Balaban J connectivity index is 1.76. The molecule has 1 aliphatic heterocycles. The van der Waals surface area contributed by atoms with Crippen molar-refractivity contribution in [2.75, 3.05) is 12.3 Å². The smallest absolute Gasteiger partial charge is 0.197 e. The molecule has 0 aromatic carbocycles. The van der Waals surface area contributed by atoms with E-state index in [0.717, 1.165) is 0 Å². The van der Waals surface area contributed by atoms with E-state index in [1.165, 1.54) is 17.2 Å². The maximum absolute atomic E-state index is 10.2. The predicted molar refractivity (Wildman–Crippen MR) is 74.0 cm³/mol. The van der Waals surface area contributed by atoms with Gasteiger partial charge in [0.25, 0.3) is 0 Å². The van der Waals surface area contributed by atoms with Gasteiger partial charge in [-0.2, -0.15) is 0 Å². The molecule has 2 aromatic rings. The van der Waals surface area contributed by atoms with Crippen molar-refractivity contribution in [3.8, 4) is 0 Å². The largest absolute Gasteiger partial charge is 0.387 e. The number of rotatable bonds is 6. The molecule has 0 bridgehead atoms. The molecule has 23 heavy (non-hydrogen) atoms. The lowest BCUT2D eigenvalue weighted by molar-refractivity contribution is -0.434. The highest BCUT2D eigenvalue weighted by Crippen LogP contribution is 2.32. The van der Waals surface area contributed by atoms with Crippen molar-refractivity contribution in [1.29, 1.82) is 0 Å². The molecule has 1 fully saturated rings. The Morgan fingerprint density at radius 2 is 2.13 bits per heavy atom. The van der Waals surface area contributed by atoms with Gasteiger partial charge >= 0.3 is 0 Å². The first-order valence-electron chi connectivity index (χ1n) is 6.34. The standard InChI is InChI=1S/C10H13N5O7S/c11-8-5-9(13-2-12-8)15(3-14-5)10-7(17)6(16)4(20-10)1-19-23-22-21-18/h2-4,6-7,10,16-18H,1H2,(H2,11,12,13)/t4-,6-,7-,10-/m1/s1. The van der Waals surface area contributed by atoms with E-state index in [-0.39, 0.29) is 12.4 Å². The van der Waals surface area contributed by atoms with E-state index >= 15 is 0 Å². The van der Waals surface area contributed by atoms with Gasteiger partial charge in [0, 0.05) is 0 Å². The fraction of sp³-hybridized carbons (Fsp3) is 0.500. The van der Waals surface area contributed by atoms with Crippen LogP contribution in [0.15, 0.2) is 12.7 Å². The van der Waals surface area contributed by atoms with Gasteiger partial charge in [-0.15, -0.1) is 4.33 Å². The van der Waals surface area contributed by atoms with Crippen molar-refractivity contribution in [1.82, 2.24) is 19.5 Å². The molecule has 12 nitrogen and oxygen atoms in total. The Kier molecular flexibility index (Phi) is 4.88. The van der Waals surface area contributed by atoms with Crippen LogP contribution in [0.25, 0.3) is 11.2 Å². The van der Waals surface area contributed by atoms with Crippen molar-refractivity contribution < 1.29 is 33.8 Å². The average Bonchev–Trinajstić information content (AvgIpc) is 3.09. The van der Waals surface area contributed by atoms with Gasteiger partial charge in [-0.25, -0.2) is 20.2 Å². The van der Waals surface area contributed by atoms with E-state index in [1.807, 2.05) is 0 Å². The van der Waals surface area contributed by atoms with Gasteiger partial charge in [0.1, 0.15) is 30.2 Å². The zero-order valence-corrected chi connectivity index (χ0v) is 12.2. The summed E-state index contributed by atoms with van der Waals surface area (Å²) >= 11 is 0.345. The molecular formula is C10H13N5O7S. The second kappa shape index (κ2) is 6.90. The monoisotopic (exact) mass is 347 g/mol. The van der Waals surface area contributed by atoms with Gasteiger partial charge in [0.2, 0.25) is 0 Å². The maximum atomic E-state index is 10.2. The predicted octanol–water partition coefficient (Wildman–Crippen LogP) is -0.971. The third-order valence-corrected chi connectivity index (χ3v) is 3.69. The summed E-state index contributed by atoms with van der Waals surface area (Å²) in [4.78, 5) is 12.0. The van der Waals surface area contributed by atoms with Crippen molar-refractivity contribution in [2.24, 2.45) is 0 Å². The lowest BCUT2D eigenvalue weighted by atomic mass is 10.1. The Hall–Kier alpha value is -1.58. The molecule has 5 N–H and O–H groups in total. The first kappa shape index (κ1) is 16.3. The lowest BCUT2D eigenvalue weighted by Gasteiger charge is -2.16. The number of nitrogen functional groups attached to an aromatic ring is 1. The van der Waals surface area contributed by atoms with Gasteiger partial charge in [0.05, 0.1) is 12.9 Å². The summed E-state index contributed by atoms with van der Waals surface area (Å²) in [5.41, 5.74) is 6.43. The third kappa shape index (κ3) is 3.08. The highest BCUT2D eigenvalue weighted by Gasteiger charge is 2.44. The molecule has 0 radical (unpaired) electrons. The number of aliphatic hydroxyl groups is 2. The third-order valence-electron chi connectivity index (χ3n) is 3.34. The van der Waals surface area contributed by atoms with Crippen LogP contribution in [0.5, 0.6) is 0 Å². The average molecular weight is 347 g/mol. The second-order valence-corrected chi connectivity index (χ2v) is 5.13. The fourth-order valence-electron chi connectivity index (χ4n) is 2.28. The maximum Gasteiger partial charge on any atom is 0.197 e. The van der Waals surface area contributed by atoms with E-state index in [4.69, 9.17) is 19.9 Å². The van der Waals surface area contributed by atoms with Crippen LogP contribution in [-0.2, 0) is 18.3 Å². The van der Waals surface area contributed by atoms with Crippen molar-refractivity contribution in [3.05, 3.63) is 12.7 Å². The van der Waals surface area contributed by atoms with Crippen molar-refractivity contribution in [3.63, 3.8) is 0 Å². The zero-order chi connectivity index (χ0) is 16.4. The SMILES string of the molecule is Nc1ncnc2c1ncn2[C@@H]1O[C@H](COSOOO)[C@@H](O)[C@H]1O. The van der Waals surface area contributed by atoms with Crippen LogP contribution in [0.1, 0.15) is 6.23 Å². The first-order chi connectivity index (χ1) is 11.1. The van der Waals surface area contributed by atoms with Crippen LogP contribution in [0.4, 0.5) is 5.82 Å². The minimum Gasteiger partial charge on any atom is -0.387 e. The van der Waals surface area contributed by atoms with E-state index in [2.05, 4.69) is 24.3 Å². The molecule has 0 unspecified atom stereocenters. The number of hydrogen-bond acceptors (Lipinski definition) is 12. The number of aromatic nitrogens is 4. The lowest BCUT2D eigenvalue weighted by Crippen LogP contribution is -2.33. The Bertz CT molecular complexity index is 672. The van der Waals surface area contributed by atoms with E-state index in [1.54, 1.807) is 0 Å². The van der Waals surface area contributed by atoms with Gasteiger partial charge in [-0.05, 0) is 0 Å². The molecule has 3 rings (SSSR count). The summed E-state index contributed by atoms with van der Waals surface area (Å²) in [7, 11) is 0. The molecule has 0 amide bonds. The minimum absolute atomic E-state index is 0.132. The quantitative estimate of drug-likeness (QED) is 0.219. The molecule has 4 atom stereocenters. The number of anilines is 1. The van der Waals surface area contributed by atoms with Crippen molar-refractivity contribution >= 4 is 29.3 Å². The number of aliphatic hydroxyl groups excluding tert-OH is 2. The molecule has 1 aliphatic rings. The number of nitrogens with zero attached hydrogens (tertiary/aromatic N) is 4. The first-order valence-corrected chi connectivity index (χ1v) is 7.01. The Morgan fingerprint density at radius 3 is 2.91 bits per heavy atom. The Labute approximate surface area is 133 Å². The van der Waals surface area contributed by atoms with Crippen LogP contribution in [0.2, 0.25) is 0 Å². The fourth-order valence-corrected chi connectivity index (χ4v) is 2.53. The molecule has 0 saturated carbocycles. The molecule has 2 aromatic heterocycles. The number of fused-ring (bicyclic) bond motifs is 1. The second-order valence-electron chi connectivity index (χ2n) is 4.62. The molecule has 3 heterocycles. The summed E-state index contributed by atoms with van der Waals surface area (Å²) < 4.78 is 16.0. The highest BCUT2D eigenvalue weighted by molar-refractivity contribution is 7.89. The van der Waals surface area contributed by atoms with Crippen LogP contribution in [0.3, 0.4) is 0 Å². The summed E-state index contributed by atoms with van der Waals surface area (Å²) in [5.74, 6) is 0.194. The van der Waals surface area contributed by atoms with E-state index in [0.29, 0.717) is 23.5 Å². The van der Waals surface area contributed by atoms with Gasteiger partial charge in [0.15, 0.2) is 30.0 Å². The molecule has 126 valence electrons. The number of hydrogen-bond donors (Lipinski definition) is 4. The van der Waals surface area contributed by atoms with Gasteiger partial charge < -0.3 is 20.7 Å². The van der Waals surface area contributed by atoms with Crippen molar-refractivity contribution in [2.45, 2.75) is 24.5 Å². The highest BCUT2D eigenvalue weighted by atomic mass is 32.2. The van der Waals surface area contributed by atoms with Crippen LogP contribution in [0, 0.1) is 0 Å². The summed E-state index contributed by atoms with van der Waals surface area (Å²) in [6.07, 6.45) is -1.59. The normalized spacial score (nSPS) is 27.8. The molecule has 1 saturated heterocycles. The molecule has 0 aliphatic carbocycles. The topological polar surface area (TPSA) is 167 Å². The van der Waals surface area contributed by atoms with Gasteiger partial charge in [-0.1, -0.05) is 5.04 Å². The van der Waals surface area contributed by atoms with Crippen LogP contribution >= 0.6 is 12.3 Å². The molecule has 13 heteroatoms. The minimum atomic E-state index is -1.24. The number of imidazole rings is 1. The zero-order valence-electron chi connectivity index (χ0n) is 11.4. The summed E-state index contributed by atoms with van der Waals surface area (Å²) in [5, 5.41) is 31.5. The van der Waals surface area contributed by atoms with Gasteiger partial charge in [-0.3, -0.25) is 8.75 Å². The van der Waals surface area contributed by atoms with E-state index in [9.17, 15) is 10.2 Å². The summed E-state index contributed by atoms with van der Waals surface area (Å²) in [6.45, 7) is -0.132. The van der Waals surface area contributed by atoms with Crippen LogP contribution in [-0.4, -0.2) is 59.9 Å².